The van der Waals surface area contributed by atoms with Crippen LogP contribution in [0.5, 0.6) is 5.75 Å². The topological polar surface area (TPSA) is 45.0 Å². The lowest BCUT2D eigenvalue weighted by Gasteiger charge is -2.16. The maximum absolute atomic E-state index is 9.33. The second kappa shape index (κ2) is 6.12. The Balaban J connectivity index is 2.28. The van der Waals surface area contributed by atoms with E-state index in [-0.39, 0.29) is 0 Å². The van der Waals surface area contributed by atoms with E-state index in [4.69, 9.17) is 16.3 Å². The molecular weight excluding hydrogens is 260 g/mol. The third-order valence-corrected chi connectivity index (χ3v) is 2.95. The molecule has 0 aromatic heterocycles. The van der Waals surface area contributed by atoms with Crippen LogP contribution in [0.1, 0.15) is 11.6 Å². The van der Waals surface area contributed by atoms with Crippen LogP contribution in [0.2, 0.25) is 5.02 Å². The molecule has 0 aliphatic heterocycles. The quantitative estimate of drug-likeness (QED) is 0.914. The van der Waals surface area contributed by atoms with Crippen LogP contribution in [0, 0.1) is 11.3 Å². The van der Waals surface area contributed by atoms with Gasteiger partial charge in [-0.2, -0.15) is 5.26 Å². The molecule has 0 radical (unpaired) electrons. The molecule has 0 saturated heterocycles. The number of para-hydroxylation sites is 1. The maximum Gasteiger partial charge on any atom is 0.143 e. The molecule has 2 aromatic rings. The smallest absolute Gasteiger partial charge is 0.143 e. The Morgan fingerprint density at radius 3 is 2.68 bits per heavy atom. The molecule has 3 nitrogen and oxygen atoms in total. The Kier molecular flexibility index (Phi) is 4.27. The second-order valence-corrected chi connectivity index (χ2v) is 4.40. The zero-order valence-corrected chi connectivity index (χ0v) is 11.2. The van der Waals surface area contributed by atoms with Crippen molar-refractivity contribution in [2.45, 2.75) is 6.04 Å². The van der Waals surface area contributed by atoms with Crippen molar-refractivity contribution in [3.8, 4) is 11.8 Å². The van der Waals surface area contributed by atoms with Gasteiger partial charge in [-0.15, -0.1) is 0 Å². The van der Waals surface area contributed by atoms with Crippen LogP contribution in [0.3, 0.4) is 0 Å². The Morgan fingerprint density at radius 1 is 1.21 bits per heavy atom. The van der Waals surface area contributed by atoms with Gasteiger partial charge in [-0.1, -0.05) is 35.9 Å². The van der Waals surface area contributed by atoms with Crippen molar-refractivity contribution in [2.24, 2.45) is 0 Å². The summed E-state index contributed by atoms with van der Waals surface area (Å²) in [6.45, 7) is 0. The first-order valence-corrected chi connectivity index (χ1v) is 6.17. The molecule has 0 aliphatic rings. The SMILES string of the molecule is COc1ccccc1C(C#N)Nc1cccc(Cl)c1. The fraction of sp³-hybridized carbons (Fsp3) is 0.133. The fourth-order valence-corrected chi connectivity index (χ4v) is 2.02. The van der Waals surface area contributed by atoms with Gasteiger partial charge in [-0.05, 0) is 24.3 Å². The molecule has 0 aliphatic carbocycles. The predicted octanol–water partition coefficient (Wildman–Crippen LogP) is 4.03. The number of hydrogen-bond donors (Lipinski definition) is 1. The van der Waals surface area contributed by atoms with E-state index in [1.807, 2.05) is 36.4 Å². The van der Waals surface area contributed by atoms with Gasteiger partial charge in [0.15, 0.2) is 0 Å². The summed E-state index contributed by atoms with van der Waals surface area (Å²) in [5.74, 6) is 0.684. The zero-order valence-electron chi connectivity index (χ0n) is 10.4. The van der Waals surface area contributed by atoms with Gasteiger partial charge in [0.25, 0.3) is 0 Å². The number of hydrogen-bond acceptors (Lipinski definition) is 3. The first kappa shape index (κ1) is 13.3. The molecule has 19 heavy (non-hydrogen) atoms. The number of anilines is 1. The third-order valence-electron chi connectivity index (χ3n) is 2.71. The molecule has 1 N–H and O–H groups in total. The Bertz CT molecular complexity index is 607. The van der Waals surface area contributed by atoms with Crippen LogP contribution >= 0.6 is 11.6 Å². The second-order valence-electron chi connectivity index (χ2n) is 3.96. The van der Waals surface area contributed by atoms with Crippen molar-refractivity contribution >= 4 is 17.3 Å². The van der Waals surface area contributed by atoms with Crippen LogP contribution in [0.15, 0.2) is 48.5 Å². The van der Waals surface area contributed by atoms with E-state index >= 15 is 0 Å². The third kappa shape index (κ3) is 3.18. The minimum atomic E-state index is -0.491. The number of nitrogens with zero attached hydrogens (tertiary/aromatic N) is 1. The molecule has 0 bridgehead atoms. The lowest BCUT2D eigenvalue weighted by molar-refractivity contribution is 0.409. The van der Waals surface area contributed by atoms with Gasteiger partial charge >= 0.3 is 0 Å². The van der Waals surface area contributed by atoms with E-state index < -0.39 is 6.04 Å². The van der Waals surface area contributed by atoms with Crippen molar-refractivity contribution in [1.82, 2.24) is 0 Å². The Labute approximate surface area is 117 Å². The van der Waals surface area contributed by atoms with Gasteiger partial charge in [0.2, 0.25) is 0 Å². The molecule has 1 atom stereocenters. The molecule has 1 unspecified atom stereocenters. The summed E-state index contributed by atoms with van der Waals surface area (Å²) in [7, 11) is 1.59. The van der Waals surface area contributed by atoms with Gasteiger partial charge in [-0.3, -0.25) is 0 Å². The summed E-state index contributed by atoms with van der Waals surface area (Å²) in [6, 6.07) is 16.5. The van der Waals surface area contributed by atoms with Crippen molar-refractivity contribution in [3.05, 3.63) is 59.1 Å². The lowest BCUT2D eigenvalue weighted by Crippen LogP contribution is -2.09. The largest absolute Gasteiger partial charge is 0.496 e. The van der Waals surface area contributed by atoms with Gasteiger partial charge in [-0.25, -0.2) is 0 Å². The van der Waals surface area contributed by atoms with Crippen molar-refractivity contribution < 1.29 is 4.74 Å². The van der Waals surface area contributed by atoms with Crippen molar-refractivity contribution in [1.29, 1.82) is 5.26 Å². The summed E-state index contributed by atoms with van der Waals surface area (Å²) in [5, 5.41) is 13.1. The molecule has 0 amide bonds. The van der Waals surface area contributed by atoms with E-state index in [0.717, 1.165) is 11.3 Å². The highest BCUT2D eigenvalue weighted by atomic mass is 35.5. The monoisotopic (exact) mass is 272 g/mol. The van der Waals surface area contributed by atoms with Crippen LogP contribution in [0.25, 0.3) is 0 Å². The van der Waals surface area contributed by atoms with Crippen LogP contribution in [-0.2, 0) is 0 Å². The molecule has 2 aromatic carbocycles. The van der Waals surface area contributed by atoms with E-state index in [2.05, 4.69) is 11.4 Å². The fourth-order valence-electron chi connectivity index (χ4n) is 1.83. The number of halogens is 1. The van der Waals surface area contributed by atoms with E-state index in [9.17, 15) is 5.26 Å². The number of methoxy groups -OCH3 is 1. The predicted molar refractivity (Wildman–Crippen MR) is 76.4 cm³/mol. The minimum absolute atomic E-state index is 0.491. The van der Waals surface area contributed by atoms with Crippen molar-refractivity contribution in [2.75, 3.05) is 12.4 Å². The lowest BCUT2D eigenvalue weighted by atomic mass is 10.1. The summed E-state index contributed by atoms with van der Waals surface area (Å²) < 4.78 is 5.27. The number of benzene rings is 2. The van der Waals surface area contributed by atoms with E-state index in [1.54, 1.807) is 19.2 Å². The normalized spacial score (nSPS) is 11.4. The first-order valence-electron chi connectivity index (χ1n) is 5.79. The molecule has 0 heterocycles. The van der Waals surface area contributed by atoms with Gasteiger partial charge in [0, 0.05) is 16.3 Å². The highest BCUT2D eigenvalue weighted by Crippen LogP contribution is 2.28. The molecular formula is C15H13ClN2O. The average molecular weight is 273 g/mol. The highest BCUT2D eigenvalue weighted by molar-refractivity contribution is 6.30. The minimum Gasteiger partial charge on any atom is -0.496 e. The average Bonchev–Trinajstić information content (AvgIpc) is 2.45. The van der Waals surface area contributed by atoms with Gasteiger partial charge in [0.05, 0.1) is 13.2 Å². The molecule has 4 heteroatoms. The molecule has 0 spiro atoms. The Hall–Kier alpha value is -2.18. The van der Waals surface area contributed by atoms with Gasteiger partial charge in [0.1, 0.15) is 11.8 Å². The van der Waals surface area contributed by atoms with Crippen molar-refractivity contribution in [3.63, 3.8) is 0 Å². The molecule has 0 fully saturated rings. The Morgan fingerprint density at radius 2 is 2.00 bits per heavy atom. The summed E-state index contributed by atoms with van der Waals surface area (Å²) in [5.41, 5.74) is 1.59. The van der Waals surface area contributed by atoms with E-state index in [1.165, 1.54) is 0 Å². The first-order chi connectivity index (χ1) is 9.24. The zero-order chi connectivity index (χ0) is 13.7. The molecule has 2 rings (SSSR count). The standard InChI is InChI=1S/C15H13ClN2O/c1-19-15-8-3-2-7-13(15)14(10-17)18-12-6-4-5-11(16)9-12/h2-9,14,18H,1H3. The summed E-state index contributed by atoms with van der Waals surface area (Å²) in [4.78, 5) is 0. The maximum atomic E-state index is 9.33. The van der Waals surface area contributed by atoms with Crippen LogP contribution < -0.4 is 10.1 Å². The van der Waals surface area contributed by atoms with Crippen LogP contribution in [0.4, 0.5) is 5.69 Å². The molecule has 96 valence electrons. The number of rotatable bonds is 4. The highest BCUT2D eigenvalue weighted by Gasteiger charge is 2.14. The van der Waals surface area contributed by atoms with Crippen LogP contribution in [-0.4, -0.2) is 7.11 Å². The molecule has 0 saturated carbocycles. The summed E-state index contributed by atoms with van der Waals surface area (Å²) in [6.07, 6.45) is 0. The number of nitriles is 1. The number of nitrogens with one attached hydrogen (secondary N) is 1. The van der Waals surface area contributed by atoms with Gasteiger partial charge < -0.3 is 10.1 Å². The number of ether oxygens (including phenoxy) is 1. The summed E-state index contributed by atoms with van der Waals surface area (Å²) >= 11 is 5.93. The van der Waals surface area contributed by atoms with E-state index in [0.29, 0.717) is 10.8 Å².